The zero-order chi connectivity index (χ0) is 11.5. The fraction of sp³-hybridized carbons (Fsp3) is 0.167. The Morgan fingerprint density at radius 3 is 2.38 bits per heavy atom. The second-order valence-corrected chi connectivity index (χ2v) is 3.67. The number of hydrogen-bond acceptors (Lipinski definition) is 2. The molecule has 0 radical (unpaired) electrons. The topological polar surface area (TPSA) is 65.7 Å². The van der Waals surface area contributed by atoms with Gasteiger partial charge in [-0.1, -0.05) is 30.3 Å². The highest BCUT2D eigenvalue weighted by molar-refractivity contribution is 5.26. The van der Waals surface area contributed by atoms with Crippen molar-refractivity contribution in [3.63, 3.8) is 0 Å². The monoisotopic (exact) mass is 216 g/mol. The van der Waals surface area contributed by atoms with Crippen molar-refractivity contribution in [1.29, 1.82) is 0 Å². The molecule has 1 aromatic carbocycles. The lowest BCUT2D eigenvalue weighted by Gasteiger charge is -2.03. The maximum atomic E-state index is 11.6. The molecule has 4 nitrogen and oxygen atoms in total. The number of H-pyrrole nitrogens is 2. The van der Waals surface area contributed by atoms with Crippen LogP contribution in [0.3, 0.4) is 0 Å². The minimum atomic E-state index is -0.459. The van der Waals surface area contributed by atoms with Crippen LogP contribution in [0.5, 0.6) is 0 Å². The minimum absolute atomic E-state index is 0.315. The van der Waals surface area contributed by atoms with Gasteiger partial charge in [-0.05, 0) is 12.5 Å². The summed E-state index contributed by atoms with van der Waals surface area (Å²) in [4.78, 5) is 27.4. The summed E-state index contributed by atoms with van der Waals surface area (Å²) < 4.78 is 0. The van der Waals surface area contributed by atoms with E-state index in [-0.39, 0.29) is 5.56 Å². The van der Waals surface area contributed by atoms with E-state index in [2.05, 4.69) is 9.97 Å². The van der Waals surface area contributed by atoms with Gasteiger partial charge in [0, 0.05) is 17.7 Å². The third kappa shape index (κ3) is 2.11. The molecule has 0 saturated heterocycles. The molecule has 1 aromatic heterocycles. The van der Waals surface area contributed by atoms with E-state index in [1.165, 1.54) is 0 Å². The van der Waals surface area contributed by atoms with Crippen molar-refractivity contribution >= 4 is 0 Å². The second-order valence-electron chi connectivity index (χ2n) is 3.67. The van der Waals surface area contributed by atoms with Crippen LogP contribution in [0.2, 0.25) is 0 Å². The molecule has 82 valence electrons. The Labute approximate surface area is 92.0 Å². The number of rotatable bonds is 2. The van der Waals surface area contributed by atoms with Crippen molar-refractivity contribution in [3.05, 3.63) is 68.0 Å². The summed E-state index contributed by atoms with van der Waals surface area (Å²) in [5.41, 5.74) is 1.50. The number of aryl methyl sites for hydroxylation is 1. The molecular formula is C12H12N2O2. The van der Waals surface area contributed by atoms with Gasteiger partial charge < -0.3 is 4.98 Å². The smallest absolute Gasteiger partial charge is 0.311 e. The predicted octanol–water partition coefficient (Wildman–Crippen LogP) is 0.962. The lowest BCUT2D eigenvalue weighted by molar-refractivity contribution is 0.934. The molecular weight excluding hydrogens is 204 g/mol. The maximum Gasteiger partial charge on any atom is 0.325 e. The van der Waals surface area contributed by atoms with Crippen LogP contribution in [0.25, 0.3) is 0 Å². The Kier molecular flexibility index (Phi) is 2.72. The Morgan fingerprint density at radius 1 is 1.06 bits per heavy atom. The van der Waals surface area contributed by atoms with E-state index in [1.807, 2.05) is 30.3 Å². The van der Waals surface area contributed by atoms with Crippen LogP contribution in [-0.2, 0) is 6.42 Å². The Bertz CT molecular complexity index is 596. The average Bonchev–Trinajstić information content (AvgIpc) is 2.25. The highest BCUT2D eigenvalue weighted by Crippen LogP contribution is 2.06. The molecule has 0 bridgehead atoms. The van der Waals surface area contributed by atoms with E-state index in [0.29, 0.717) is 17.7 Å². The fourth-order valence-electron chi connectivity index (χ4n) is 1.64. The molecule has 0 spiro atoms. The van der Waals surface area contributed by atoms with Gasteiger partial charge in [0.1, 0.15) is 0 Å². The zero-order valence-electron chi connectivity index (χ0n) is 8.91. The number of hydrogen-bond donors (Lipinski definition) is 2. The first-order chi connectivity index (χ1) is 7.66. The summed E-state index contributed by atoms with van der Waals surface area (Å²) in [6.07, 6.45) is 0.527. The standard InChI is InChI=1S/C12H12N2O2/c1-8-10(11(15)14-12(16)13-8)7-9-5-3-2-4-6-9/h2-6H,7H2,1H3,(H2,13,14,15,16). The van der Waals surface area contributed by atoms with Gasteiger partial charge in [-0.25, -0.2) is 4.79 Å². The summed E-state index contributed by atoms with van der Waals surface area (Å²) in [7, 11) is 0. The largest absolute Gasteiger partial charge is 0.325 e. The fourth-order valence-corrected chi connectivity index (χ4v) is 1.64. The van der Waals surface area contributed by atoms with Gasteiger partial charge in [0.25, 0.3) is 5.56 Å². The lowest BCUT2D eigenvalue weighted by Crippen LogP contribution is -2.27. The number of aromatic amines is 2. The first-order valence-electron chi connectivity index (χ1n) is 5.03. The third-order valence-corrected chi connectivity index (χ3v) is 2.48. The number of nitrogens with one attached hydrogen (secondary N) is 2. The average molecular weight is 216 g/mol. The SMILES string of the molecule is Cc1[nH]c(=O)[nH]c(=O)c1Cc1ccccc1. The van der Waals surface area contributed by atoms with E-state index >= 15 is 0 Å². The van der Waals surface area contributed by atoms with Crippen LogP contribution in [-0.4, -0.2) is 9.97 Å². The quantitative estimate of drug-likeness (QED) is 0.785. The highest BCUT2D eigenvalue weighted by atomic mass is 16.2. The Balaban J connectivity index is 2.43. The maximum absolute atomic E-state index is 11.6. The number of benzene rings is 1. The molecule has 0 amide bonds. The molecule has 0 aliphatic rings. The van der Waals surface area contributed by atoms with Crippen molar-refractivity contribution in [2.45, 2.75) is 13.3 Å². The molecule has 0 unspecified atom stereocenters. The molecule has 0 fully saturated rings. The van der Waals surface area contributed by atoms with E-state index in [9.17, 15) is 9.59 Å². The predicted molar refractivity (Wildman–Crippen MR) is 61.7 cm³/mol. The van der Waals surface area contributed by atoms with Gasteiger partial charge in [0.15, 0.2) is 0 Å². The summed E-state index contributed by atoms with van der Waals surface area (Å²) in [6, 6.07) is 9.66. The van der Waals surface area contributed by atoms with E-state index < -0.39 is 5.69 Å². The first-order valence-corrected chi connectivity index (χ1v) is 5.03. The molecule has 2 aromatic rings. The van der Waals surface area contributed by atoms with Crippen LogP contribution in [0.15, 0.2) is 39.9 Å². The second kappa shape index (κ2) is 4.18. The third-order valence-electron chi connectivity index (χ3n) is 2.48. The zero-order valence-corrected chi connectivity index (χ0v) is 8.91. The molecule has 16 heavy (non-hydrogen) atoms. The minimum Gasteiger partial charge on any atom is -0.311 e. The lowest BCUT2D eigenvalue weighted by atomic mass is 10.1. The van der Waals surface area contributed by atoms with Crippen LogP contribution in [0, 0.1) is 6.92 Å². The van der Waals surface area contributed by atoms with Crippen molar-refractivity contribution in [3.8, 4) is 0 Å². The molecule has 4 heteroatoms. The molecule has 0 atom stereocenters. The van der Waals surface area contributed by atoms with Crippen LogP contribution < -0.4 is 11.2 Å². The van der Waals surface area contributed by atoms with Gasteiger partial charge in [0.2, 0.25) is 0 Å². The van der Waals surface area contributed by atoms with Crippen molar-refractivity contribution in [2.75, 3.05) is 0 Å². The molecule has 2 rings (SSSR count). The van der Waals surface area contributed by atoms with Gasteiger partial charge >= 0.3 is 5.69 Å². The summed E-state index contributed by atoms with van der Waals surface area (Å²) in [5.74, 6) is 0. The summed E-state index contributed by atoms with van der Waals surface area (Å²) in [6.45, 7) is 1.73. The van der Waals surface area contributed by atoms with Crippen molar-refractivity contribution in [2.24, 2.45) is 0 Å². The normalized spacial score (nSPS) is 10.3. The van der Waals surface area contributed by atoms with Crippen molar-refractivity contribution in [1.82, 2.24) is 9.97 Å². The number of aromatic nitrogens is 2. The summed E-state index contributed by atoms with van der Waals surface area (Å²) in [5, 5.41) is 0. The van der Waals surface area contributed by atoms with E-state index in [1.54, 1.807) is 6.92 Å². The molecule has 1 heterocycles. The Morgan fingerprint density at radius 2 is 1.75 bits per heavy atom. The van der Waals surface area contributed by atoms with Crippen LogP contribution >= 0.6 is 0 Å². The molecule has 0 aliphatic heterocycles. The molecule has 2 N–H and O–H groups in total. The van der Waals surface area contributed by atoms with E-state index in [4.69, 9.17) is 0 Å². The van der Waals surface area contributed by atoms with Crippen LogP contribution in [0.1, 0.15) is 16.8 Å². The Hall–Kier alpha value is -2.10. The van der Waals surface area contributed by atoms with Crippen LogP contribution in [0.4, 0.5) is 0 Å². The van der Waals surface area contributed by atoms with Crippen molar-refractivity contribution < 1.29 is 0 Å². The van der Waals surface area contributed by atoms with Gasteiger partial charge in [-0.3, -0.25) is 9.78 Å². The highest BCUT2D eigenvalue weighted by Gasteiger charge is 2.06. The van der Waals surface area contributed by atoms with Gasteiger partial charge in [-0.15, -0.1) is 0 Å². The van der Waals surface area contributed by atoms with E-state index in [0.717, 1.165) is 5.56 Å². The van der Waals surface area contributed by atoms with Gasteiger partial charge in [-0.2, -0.15) is 0 Å². The van der Waals surface area contributed by atoms with Gasteiger partial charge in [0.05, 0.1) is 0 Å². The first kappa shape index (κ1) is 10.4. The molecule has 0 aliphatic carbocycles. The summed E-state index contributed by atoms with van der Waals surface area (Å²) >= 11 is 0. The molecule has 0 saturated carbocycles.